The van der Waals surface area contributed by atoms with Gasteiger partial charge >= 0.3 is 0 Å². The summed E-state index contributed by atoms with van der Waals surface area (Å²) in [7, 11) is 4.24. The Kier molecular flexibility index (Phi) is 7.98. The molecule has 0 unspecified atom stereocenters. The Hall–Kier alpha value is -0.120. The average molecular weight is 230 g/mol. The summed E-state index contributed by atoms with van der Waals surface area (Å²) < 4.78 is 5.52. The van der Waals surface area contributed by atoms with E-state index in [9.17, 15) is 0 Å². The maximum absolute atomic E-state index is 5.52. The van der Waals surface area contributed by atoms with Gasteiger partial charge in [-0.15, -0.1) is 0 Å². The SMILES string of the molecule is CC(C)COCCNCC(C)(C)CN(C)C. The molecule has 0 heterocycles. The number of hydrogen-bond acceptors (Lipinski definition) is 3. The van der Waals surface area contributed by atoms with E-state index in [-0.39, 0.29) is 0 Å². The molecule has 0 aliphatic rings. The van der Waals surface area contributed by atoms with Crippen molar-refractivity contribution in [2.24, 2.45) is 11.3 Å². The molecule has 0 amide bonds. The summed E-state index contributed by atoms with van der Waals surface area (Å²) in [6.07, 6.45) is 0. The zero-order valence-electron chi connectivity index (χ0n) is 12.0. The Bertz CT molecular complexity index is 167. The van der Waals surface area contributed by atoms with Crippen molar-refractivity contribution in [1.82, 2.24) is 10.2 Å². The third-order valence-electron chi connectivity index (χ3n) is 2.22. The number of rotatable bonds is 9. The first-order valence-corrected chi connectivity index (χ1v) is 6.27. The Morgan fingerprint density at radius 3 is 2.38 bits per heavy atom. The highest BCUT2D eigenvalue weighted by Gasteiger charge is 2.17. The standard InChI is InChI=1S/C13H30N2O/c1-12(2)9-16-8-7-14-10-13(3,4)11-15(5)6/h12,14H,7-11H2,1-6H3. The van der Waals surface area contributed by atoms with Crippen LogP contribution in [0, 0.1) is 11.3 Å². The minimum absolute atomic E-state index is 0.321. The first kappa shape index (κ1) is 15.9. The summed E-state index contributed by atoms with van der Waals surface area (Å²) in [6.45, 7) is 13.7. The minimum Gasteiger partial charge on any atom is -0.380 e. The lowest BCUT2D eigenvalue weighted by Gasteiger charge is -2.28. The van der Waals surface area contributed by atoms with Gasteiger partial charge in [-0.1, -0.05) is 27.7 Å². The predicted octanol–water partition coefficient (Wildman–Crippen LogP) is 1.84. The van der Waals surface area contributed by atoms with E-state index in [0.29, 0.717) is 11.3 Å². The van der Waals surface area contributed by atoms with E-state index in [1.165, 1.54) is 0 Å². The molecule has 3 heteroatoms. The summed E-state index contributed by atoms with van der Waals surface area (Å²) in [5.41, 5.74) is 0.321. The van der Waals surface area contributed by atoms with E-state index >= 15 is 0 Å². The van der Waals surface area contributed by atoms with Crippen molar-refractivity contribution >= 4 is 0 Å². The van der Waals surface area contributed by atoms with Crippen LogP contribution >= 0.6 is 0 Å². The molecule has 0 radical (unpaired) electrons. The first-order valence-electron chi connectivity index (χ1n) is 6.27. The van der Waals surface area contributed by atoms with Crippen molar-refractivity contribution in [1.29, 1.82) is 0 Å². The van der Waals surface area contributed by atoms with Crippen LogP contribution in [0.15, 0.2) is 0 Å². The molecule has 0 rings (SSSR count). The van der Waals surface area contributed by atoms with E-state index in [0.717, 1.165) is 32.8 Å². The summed E-state index contributed by atoms with van der Waals surface area (Å²) in [6, 6.07) is 0. The van der Waals surface area contributed by atoms with Crippen molar-refractivity contribution in [2.75, 3.05) is 46.9 Å². The molecule has 1 N–H and O–H groups in total. The number of nitrogens with zero attached hydrogens (tertiary/aromatic N) is 1. The molecule has 0 aliphatic heterocycles. The minimum atomic E-state index is 0.321. The molecule has 0 fully saturated rings. The van der Waals surface area contributed by atoms with Gasteiger partial charge in [-0.25, -0.2) is 0 Å². The molecule has 98 valence electrons. The second-order valence-corrected chi connectivity index (χ2v) is 6.05. The second kappa shape index (κ2) is 8.04. The van der Waals surface area contributed by atoms with Gasteiger partial charge in [0.15, 0.2) is 0 Å². The summed E-state index contributed by atoms with van der Waals surface area (Å²) >= 11 is 0. The van der Waals surface area contributed by atoms with Crippen molar-refractivity contribution in [3.8, 4) is 0 Å². The van der Waals surface area contributed by atoms with E-state index in [4.69, 9.17) is 4.74 Å². The van der Waals surface area contributed by atoms with Gasteiger partial charge in [0.25, 0.3) is 0 Å². The largest absolute Gasteiger partial charge is 0.380 e. The fourth-order valence-electron chi connectivity index (χ4n) is 1.80. The predicted molar refractivity (Wildman–Crippen MR) is 70.9 cm³/mol. The van der Waals surface area contributed by atoms with Crippen LogP contribution in [0.5, 0.6) is 0 Å². The number of hydrogen-bond donors (Lipinski definition) is 1. The van der Waals surface area contributed by atoms with Crippen molar-refractivity contribution in [3.05, 3.63) is 0 Å². The Balaban J connectivity index is 3.43. The molecule has 0 saturated heterocycles. The molecule has 3 nitrogen and oxygen atoms in total. The van der Waals surface area contributed by atoms with Crippen LogP contribution in [0.2, 0.25) is 0 Å². The van der Waals surface area contributed by atoms with Gasteiger partial charge in [0, 0.05) is 26.2 Å². The zero-order valence-corrected chi connectivity index (χ0v) is 12.0. The molecule has 0 aliphatic carbocycles. The van der Waals surface area contributed by atoms with Gasteiger partial charge in [0.2, 0.25) is 0 Å². The number of ether oxygens (including phenoxy) is 1. The topological polar surface area (TPSA) is 24.5 Å². The molecular weight excluding hydrogens is 200 g/mol. The lowest BCUT2D eigenvalue weighted by Crippen LogP contribution is -2.38. The van der Waals surface area contributed by atoms with Crippen molar-refractivity contribution < 1.29 is 4.74 Å². The van der Waals surface area contributed by atoms with Crippen LogP contribution in [-0.4, -0.2) is 51.8 Å². The fraction of sp³-hybridized carbons (Fsp3) is 1.00. The zero-order chi connectivity index (χ0) is 12.6. The van der Waals surface area contributed by atoms with E-state index in [2.05, 4.69) is 52.0 Å². The molecule has 0 aromatic carbocycles. The third kappa shape index (κ3) is 10.4. The van der Waals surface area contributed by atoms with E-state index in [1.54, 1.807) is 0 Å². The normalized spacial score (nSPS) is 12.8. The smallest absolute Gasteiger partial charge is 0.0591 e. The third-order valence-corrected chi connectivity index (χ3v) is 2.22. The maximum atomic E-state index is 5.52. The van der Waals surface area contributed by atoms with Gasteiger partial charge in [-0.05, 0) is 25.4 Å². The Morgan fingerprint density at radius 2 is 1.88 bits per heavy atom. The van der Waals surface area contributed by atoms with Crippen LogP contribution < -0.4 is 5.32 Å². The molecule has 0 atom stereocenters. The van der Waals surface area contributed by atoms with E-state index < -0.39 is 0 Å². The first-order chi connectivity index (χ1) is 7.33. The average Bonchev–Trinajstić information content (AvgIpc) is 2.08. The lowest BCUT2D eigenvalue weighted by molar-refractivity contribution is 0.109. The highest BCUT2D eigenvalue weighted by atomic mass is 16.5. The molecule has 0 saturated carbocycles. The number of nitrogens with one attached hydrogen (secondary N) is 1. The highest BCUT2D eigenvalue weighted by molar-refractivity contribution is 4.73. The van der Waals surface area contributed by atoms with E-state index in [1.807, 2.05) is 0 Å². The van der Waals surface area contributed by atoms with Crippen molar-refractivity contribution in [3.63, 3.8) is 0 Å². The van der Waals surface area contributed by atoms with Gasteiger partial charge < -0.3 is 15.0 Å². The molecular formula is C13H30N2O. The van der Waals surface area contributed by atoms with Gasteiger partial charge in [0.05, 0.1) is 6.61 Å². The highest BCUT2D eigenvalue weighted by Crippen LogP contribution is 2.13. The van der Waals surface area contributed by atoms with Crippen molar-refractivity contribution in [2.45, 2.75) is 27.7 Å². The van der Waals surface area contributed by atoms with Crippen LogP contribution in [0.25, 0.3) is 0 Å². The van der Waals surface area contributed by atoms with Crippen LogP contribution in [0.4, 0.5) is 0 Å². The summed E-state index contributed by atoms with van der Waals surface area (Å²) in [5.74, 6) is 0.630. The Morgan fingerprint density at radius 1 is 1.25 bits per heavy atom. The van der Waals surface area contributed by atoms with Crippen LogP contribution in [0.1, 0.15) is 27.7 Å². The molecule has 0 spiro atoms. The monoisotopic (exact) mass is 230 g/mol. The lowest BCUT2D eigenvalue weighted by atomic mass is 9.93. The van der Waals surface area contributed by atoms with Gasteiger partial charge in [0.1, 0.15) is 0 Å². The van der Waals surface area contributed by atoms with Gasteiger partial charge in [-0.3, -0.25) is 0 Å². The van der Waals surface area contributed by atoms with Crippen LogP contribution in [-0.2, 0) is 4.74 Å². The fourth-order valence-corrected chi connectivity index (χ4v) is 1.80. The summed E-state index contributed by atoms with van der Waals surface area (Å²) in [5, 5.41) is 3.45. The molecule has 0 bridgehead atoms. The quantitative estimate of drug-likeness (QED) is 0.612. The van der Waals surface area contributed by atoms with Crippen LogP contribution in [0.3, 0.4) is 0 Å². The molecule has 16 heavy (non-hydrogen) atoms. The maximum Gasteiger partial charge on any atom is 0.0591 e. The Labute approximate surface area is 102 Å². The van der Waals surface area contributed by atoms with Gasteiger partial charge in [-0.2, -0.15) is 0 Å². The molecule has 0 aromatic rings. The summed E-state index contributed by atoms with van der Waals surface area (Å²) in [4.78, 5) is 2.23. The molecule has 0 aromatic heterocycles. The second-order valence-electron chi connectivity index (χ2n) is 6.05.